The van der Waals surface area contributed by atoms with Crippen LogP contribution in [0.15, 0.2) is 54.6 Å². The van der Waals surface area contributed by atoms with Gasteiger partial charge in [-0.15, -0.1) is 0 Å². The molecule has 2 amide bonds. The Morgan fingerprint density at radius 3 is 2.40 bits per heavy atom. The van der Waals surface area contributed by atoms with Crippen molar-refractivity contribution >= 4 is 40.9 Å². The van der Waals surface area contributed by atoms with Gasteiger partial charge in [-0.3, -0.25) is 14.9 Å². The number of para-hydroxylation sites is 1. The summed E-state index contributed by atoms with van der Waals surface area (Å²) in [6, 6.07) is 14.7. The highest BCUT2D eigenvalue weighted by Crippen LogP contribution is 2.14. The van der Waals surface area contributed by atoms with E-state index < -0.39 is 0 Å². The van der Waals surface area contributed by atoms with Crippen LogP contribution in [0.25, 0.3) is 6.08 Å². The third-order valence-electron chi connectivity index (χ3n) is 3.39. The van der Waals surface area contributed by atoms with E-state index in [2.05, 4.69) is 16.0 Å². The van der Waals surface area contributed by atoms with Gasteiger partial charge in [-0.2, -0.15) is 0 Å². The lowest BCUT2D eigenvalue weighted by Crippen LogP contribution is -2.33. The zero-order chi connectivity index (χ0) is 18.2. The van der Waals surface area contributed by atoms with Gasteiger partial charge in [0.05, 0.1) is 11.3 Å². The SMILES string of the molecule is CNC(=O)c1ccccc1NC(=S)NC(=O)/C=C/c1ccc(C)cc1. The minimum Gasteiger partial charge on any atom is -0.355 e. The Morgan fingerprint density at radius 2 is 1.72 bits per heavy atom. The molecule has 128 valence electrons. The van der Waals surface area contributed by atoms with Gasteiger partial charge in [0.1, 0.15) is 0 Å². The molecule has 6 heteroatoms. The quantitative estimate of drug-likeness (QED) is 0.584. The highest BCUT2D eigenvalue weighted by molar-refractivity contribution is 7.80. The van der Waals surface area contributed by atoms with Gasteiger partial charge < -0.3 is 10.6 Å². The van der Waals surface area contributed by atoms with Crippen LogP contribution in [0, 0.1) is 6.92 Å². The summed E-state index contributed by atoms with van der Waals surface area (Å²) >= 11 is 5.13. The van der Waals surface area contributed by atoms with E-state index in [1.807, 2.05) is 31.2 Å². The molecule has 2 aromatic rings. The number of carbonyl (C=O) groups excluding carboxylic acids is 2. The van der Waals surface area contributed by atoms with E-state index in [0.29, 0.717) is 11.3 Å². The molecule has 0 aliphatic rings. The fraction of sp³-hybridized carbons (Fsp3) is 0.105. The molecule has 25 heavy (non-hydrogen) atoms. The monoisotopic (exact) mass is 353 g/mol. The van der Waals surface area contributed by atoms with E-state index in [9.17, 15) is 9.59 Å². The average molecular weight is 353 g/mol. The molecule has 5 nitrogen and oxygen atoms in total. The van der Waals surface area contributed by atoms with Gasteiger partial charge in [0.2, 0.25) is 5.91 Å². The van der Waals surface area contributed by atoms with Crippen molar-refractivity contribution in [1.82, 2.24) is 10.6 Å². The predicted molar refractivity (Wildman–Crippen MR) is 104 cm³/mol. The van der Waals surface area contributed by atoms with Crippen LogP contribution < -0.4 is 16.0 Å². The Balaban J connectivity index is 1.97. The summed E-state index contributed by atoms with van der Waals surface area (Å²) in [6.07, 6.45) is 3.11. The maximum atomic E-state index is 12.0. The minimum atomic E-state index is -0.351. The van der Waals surface area contributed by atoms with E-state index in [4.69, 9.17) is 12.2 Å². The van der Waals surface area contributed by atoms with Crippen molar-refractivity contribution in [1.29, 1.82) is 0 Å². The molecular formula is C19H19N3O2S. The lowest BCUT2D eigenvalue weighted by atomic mass is 10.1. The molecule has 2 rings (SSSR count). The summed E-state index contributed by atoms with van der Waals surface area (Å²) in [6.45, 7) is 2.00. The zero-order valence-electron chi connectivity index (χ0n) is 14.0. The van der Waals surface area contributed by atoms with Gasteiger partial charge in [-0.1, -0.05) is 42.0 Å². The summed E-state index contributed by atoms with van der Waals surface area (Å²) in [5, 5.41) is 8.10. The molecule has 0 aromatic heterocycles. The second-order valence-corrected chi connectivity index (χ2v) is 5.72. The first-order valence-corrected chi connectivity index (χ1v) is 8.08. The van der Waals surface area contributed by atoms with E-state index in [-0.39, 0.29) is 16.9 Å². The van der Waals surface area contributed by atoms with Crippen LogP contribution in [0.3, 0.4) is 0 Å². The third kappa shape index (κ3) is 5.54. The summed E-state index contributed by atoms with van der Waals surface area (Å²) in [5.74, 6) is -0.591. The van der Waals surface area contributed by atoms with Crippen LogP contribution in [0.5, 0.6) is 0 Å². The summed E-state index contributed by atoms with van der Waals surface area (Å²) in [5.41, 5.74) is 3.04. The lowest BCUT2D eigenvalue weighted by Gasteiger charge is -2.11. The van der Waals surface area contributed by atoms with E-state index in [1.165, 1.54) is 6.08 Å². The highest BCUT2D eigenvalue weighted by Gasteiger charge is 2.10. The summed E-state index contributed by atoms with van der Waals surface area (Å²) in [7, 11) is 1.55. The molecule has 0 heterocycles. The van der Waals surface area contributed by atoms with Crippen molar-refractivity contribution in [3.8, 4) is 0 Å². The van der Waals surface area contributed by atoms with Crippen LogP contribution in [-0.4, -0.2) is 24.0 Å². The molecule has 0 aliphatic carbocycles. The fourth-order valence-electron chi connectivity index (χ4n) is 2.08. The molecule has 0 bridgehead atoms. The standard InChI is InChI=1S/C19H19N3O2S/c1-13-7-9-14(10-8-13)11-12-17(23)22-19(25)21-16-6-4-3-5-15(16)18(24)20-2/h3-12H,1-2H3,(H,20,24)(H2,21,22,23,25)/b12-11+. The first kappa shape index (κ1) is 18.4. The maximum Gasteiger partial charge on any atom is 0.253 e. The number of nitrogens with one attached hydrogen (secondary N) is 3. The van der Waals surface area contributed by atoms with Crippen molar-refractivity contribution < 1.29 is 9.59 Å². The zero-order valence-corrected chi connectivity index (χ0v) is 14.8. The van der Waals surface area contributed by atoms with Gasteiger partial charge in [-0.25, -0.2) is 0 Å². The van der Waals surface area contributed by atoms with Crippen LogP contribution in [0.4, 0.5) is 5.69 Å². The molecule has 0 radical (unpaired) electrons. The second-order valence-electron chi connectivity index (χ2n) is 5.31. The Hall–Kier alpha value is -2.99. The molecule has 0 saturated heterocycles. The van der Waals surface area contributed by atoms with Crippen molar-refractivity contribution in [2.24, 2.45) is 0 Å². The summed E-state index contributed by atoms with van der Waals surface area (Å²) in [4.78, 5) is 23.8. The number of aryl methyl sites for hydroxylation is 1. The van der Waals surface area contributed by atoms with Crippen LogP contribution in [-0.2, 0) is 4.79 Å². The van der Waals surface area contributed by atoms with Crippen LogP contribution in [0.1, 0.15) is 21.5 Å². The average Bonchev–Trinajstić information content (AvgIpc) is 2.61. The van der Waals surface area contributed by atoms with Crippen LogP contribution in [0.2, 0.25) is 0 Å². The molecule has 2 aromatic carbocycles. The number of benzene rings is 2. The normalized spacial score (nSPS) is 10.3. The number of amides is 2. The molecule has 0 spiro atoms. The highest BCUT2D eigenvalue weighted by atomic mass is 32.1. The molecular weight excluding hydrogens is 334 g/mol. The number of rotatable bonds is 4. The number of hydrogen-bond acceptors (Lipinski definition) is 3. The first-order valence-electron chi connectivity index (χ1n) is 7.67. The fourth-order valence-corrected chi connectivity index (χ4v) is 2.29. The third-order valence-corrected chi connectivity index (χ3v) is 3.59. The van der Waals surface area contributed by atoms with Crippen molar-refractivity contribution in [2.45, 2.75) is 6.92 Å². The van der Waals surface area contributed by atoms with E-state index in [0.717, 1.165) is 11.1 Å². The topological polar surface area (TPSA) is 70.2 Å². The number of thiocarbonyl (C=S) groups is 1. The predicted octanol–water partition coefficient (Wildman–Crippen LogP) is 2.88. The largest absolute Gasteiger partial charge is 0.355 e. The van der Waals surface area contributed by atoms with Crippen molar-refractivity contribution in [3.05, 3.63) is 71.3 Å². The van der Waals surface area contributed by atoms with Gasteiger partial charge in [0.15, 0.2) is 5.11 Å². The minimum absolute atomic E-state index is 0.120. The van der Waals surface area contributed by atoms with Gasteiger partial charge in [-0.05, 0) is 42.9 Å². The van der Waals surface area contributed by atoms with Gasteiger partial charge in [0, 0.05) is 13.1 Å². The van der Waals surface area contributed by atoms with Crippen molar-refractivity contribution in [3.63, 3.8) is 0 Å². The van der Waals surface area contributed by atoms with E-state index >= 15 is 0 Å². The Kier molecular flexibility index (Phi) is 6.42. The second kappa shape index (κ2) is 8.75. The summed E-state index contributed by atoms with van der Waals surface area (Å²) < 4.78 is 0. The molecule has 3 N–H and O–H groups in total. The number of anilines is 1. The first-order chi connectivity index (χ1) is 12.0. The molecule has 0 saturated carbocycles. The molecule has 0 aliphatic heterocycles. The van der Waals surface area contributed by atoms with Crippen molar-refractivity contribution in [2.75, 3.05) is 12.4 Å². The molecule has 0 atom stereocenters. The maximum absolute atomic E-state index is 12.0. The molecule has 0 fully saturated rings. The van der Waals surface area contributed by atoms with E-state index in [1.54, 1.807) is 37.4 Å². The van der Waals surface area contributed by atoms with Gasteiger partial charge in [0.25, 0.3) is 5.91 Å². The Labute approximate surface area is 152 Å². The lowest BCUT2D eigenvalue weighted by molar-refractivity contribution is -0.115. The Morgan fingerprint density at radius 1 is 1.04 bits per heavy atom. The Bertz CT molecular complexity index is 814. The number of hydrogen-bond donors (Lipinski definition) is 3. The smallest absolute Gasteiger partial charge is 0.253 e. The van der Waals surface area contributed by atoms with Crippen LogP contribution >= 0.6 is 12.2 Å². The number of carbonyl (C=O) groups is 2. The van der Waals surface area contributed by atoms with Gasteiger partial charge >= 0.3 is 0 Å². The molecule has 0 unspecified atom stereocenters.